The molecule has 0 spiro atoms. The second kappa shape index (κ2) is 6.82. The van der Waals surface area contributed by atoms with Gasteiger partial charge in [0.05, 0.1) is 5.88 Å². The summed E-state index contributed by atoms with van der Waals surface area (Å²) in [6, 6.07) is 9.71. The Kier molecular flexibility index (Phi) is 4.83. The second-order valence-corrected chi connectivity index (χ2v) is 4.39. The number of hydrogen-bond donors (Lipinski definition) is 0. The van der Waals surface area contributed by atoms with E-state index in [9.17, 15) is 0 Å². The molecule has 0 bridgehead atoms. The van der Waals surface area contributed by atoms with Gasteiger partial charge in [0.1, 0.15) is 12.4 Å². The molecular formula is C16H14ClNO. The molecule has 1 heterocycles. The van der Waals surface area contributed by atoms with Gasteiger partial charge in [-0.15, -0.1) is 11.6 Å². The number of rotatable bonds is 3. The zero-order chi connectivity index (χ0) is 13.5. The fraction of sp³-hybridized carbons (Fsp3) is 0.188. The fourth-order valence-electron chi connectivity index (χ4n) is 1.63. The SMILES string of the molecule is Cc1cncc(COc2ccc(C#CCCl)cc2)c1. The summed E-state index contributed by atoms with van der Waals surface area (Å²) in [5, 5.41) is 0. The van der Waals surface area contributed by atoms with Gasteiger partial charge < -0.3 is 4.74 Å². The van der Waals surface area contributed by atoms with E-state index in [-0.39, 0.29) is 0 Å². The molecule has 0 amide bonds. The van der Waals surface area contributed by atoms with E-state index >= 15 is 0 Å². The van der Waals surface area contributed by atoms with Gasteiger partial charge >= 0.3 is 0 Å². The minimum atomic E-state index is 0.346. The highest BCUT2D eigenvalue weighted by Gasteiger charge is 1.97. The Morgan fingerprint density at radius 3 is 2.68 bits per heavy atom. The van der Waals surface area contributed by atoms with Crippen molar-refractivity contribution in [2.75, 3.05) is 5.88 Å². The van der Waals surface area contributed by atoms with Crippen molar-refractivity contribution in [3.8, 4) is 17.6 Å². The Hall–Kier alpha value is -1.98. The van der Waals surface area contributed by atoms with Gasteiger partial charge in [-0.2, -0.15) is 0 Å². The topological polar surface area (TPSA) is 22.1 Å². The first kappa shape index (κ1) is 13.5. The molecule has 0 saturated heterocycles. The Bertz CT molecular complexity index is 596. The predicted molar refractivity (Wildman–Crippen MR) is 77.3 cm³/mol. The Morgan fingerprint density at radius 1 is 1.21 bits per heavy atom. The lowest BCUT2D eigenvalue weighted by atomic mass is 10.2. The summed E-state index contributed by atoms with van der Waals surface area (Å²) in [7, 11) is 0. The third-order valence-corrected chi connectivity index (χ3v) is 2.62. The molecule has 2 rings (SSSR count). The van der Waals surface area contributed by atoms with Gasteiger partial charge in [-0.3, -0.25) is 4.98 Å². The van der Waals surface area contributed by atoms with Crippen LogP contribution in [0, 0.1) is 18.8 Å². The van der Waals surface area contributed by atoms with E-state index in [1.165, 1.54) is 0 Å². The molecule has 0 aliphatic heterocycles. The molecule has 0 N–H and O–H groups in total. The van der Waals surface area contributed by atoms with Crippen LogP contribution in [0.4, 0.5) is 0 Å². The lowest BCUT2D eigenvalue weighted by Crippen LogP contribution is -1.96. The maximum Gasteiger partial charge on any atom is 0.119 e. The number of pyridine rings is 1. The van der Waals surface area contributed by atoms with Gasteiger partial charge in [0, 0.05) is 23.5 Å². The van der Waals surface area contributed by atoms with Gasteiger partial charge in [-0.25, -0.2) is 0 Å². The number of halogens is 1. The molecule has 3 heteroatoms. The van der Waals surface area contributed by atoms with Gasteiger partial charge in [0.25, 0.3) is 0 Å². The monoisotopic (exact) mass is 271 g/mol. The average molecular weight is 272 g/mol. The molecule has 0 saturated carbocycles. The van der Waals surface area contributed by atoms with Crippen molar-refractivity contribution in [1.82, 2.24) is 4.98 Å². The van der Waals surface area contributed by atoms with E-state index in [0.29, 0.717) is 12.5 Å². The fourth-order valence-corrected chi connectivity index (χ4v) is 1.70. The van der Waals surface area contributed by atoms with Gasteiger partial charge in [-0.05, 0) is 42.8 Å². The van der Waals surface area contributed by atoms with Crippen LogP contribution in [-0.2, 0) is 6.61 Å². The summed E-state index contributed by atoms with van der Waals surface area (Å²) in [5.74, 6) is 6.93. The van der Waals surface area contributed by atoms with E-state index in [4.69, 9.17) is 16.3 Å². The van der Waals surface area contributed by atoms with E-state index in [2.05, 4.69) is 22.9 Å². The molecule has 0 radical (unpaired) electrons. The van der Waals surface area contributed by atoms with Gasteiger partial charge in [0.2, 0.25) is 0 Å². The van der Waals surface area contributed by atoms with Crippen LogP contribution in [-0.4, -0.2) is 10.9 Å². The lowest BCUT2D eigenvalue weighted by molar-refractivity contribution is 0.305. The third kappa shape index (κ3) is 4.31. The van der Waals surface area contributed by atoms with Crippen LogP contribution in [0.1, 0.15) is 16.7 Å². The zero-order valence-corrected chi connectivity index (χ0v) is 11.4. The van der Waals surface area contributed by atoms with Crippen molar-refractivity contribution in [2.45, 2.75) is 13.5 Å². The third-order valence-electron chi connectivity index (χ3n) is 2.49. The zero-order valence-electron chi connectivity index (χ0n) is 10.7. The van der Waals surface area contributed by atoms with E-state index in [1.807, 2.05) is 43.6 Å². The highest BCUT2D eigenvalue weighted by atomic mass is 35.5. The summed E-state index contributed by atoms with van der Waals surface area (Å²) in [6.07, 6.45) is 3.64. The first-order valence-electron chi connectivity index (χ1n) is 5.96. The summed E-state index contributed by atoms with van der Waals surface area (Å²) in [6.45, 7) is 2.53. The van der Waals surface area contributed by atoms with Crippen LogP contribution in [0.25, 0.3) is 0 Å². The number of nitrogens with zero attached hydrogens (tertiary/aromatic N) is 1. The van der Waals surface area contributed by atoms with Crippen LogP contribution >= 0.6 is 11.6 Å². The van der Waals surface area contributed by atoms with E-state index < -0.39 is 0 Å². The Labute approximate surface area is 118 Å². The van der Waals surface area contributed by atoms with Crippen molar-refractivity contribution in [3.05, 3.63) is 59.4 Å². The number of alkyl halides is 1. The smallest absolute Gasteiger partial charge is 0.119 e. The van der Waals surface area contributed by atoms with Gasteiger partial charge in [0.15, 0.2) is 0 Å². The minimum absolute atomic E-state index is 0.346. The molecule has 2 nitrogen and oxygen atoms in total. The molecule has 0 aliphatic rings. The number of hydrogen-bond acceptors (Lipinski definition) is 2. The van der Waals surface area contributed by atoms with Crippen molar-refractivity contribution >= 4 is 11.6 Å². The maximum atomic E-state index is 5.69. The Balaban J connectivity index is 1.96. The van der Waals surface area contributed by atoms with Crippen LogP contribution in [0.5, 0.6) is 5.75 Å². The number of ether oxygens (including phenoxy) is 1. The van der Waals surface area contributed by atoms with Crippen LogP contribution in [0.15, 0.2) is 42.7 Å². The van der Waals surface area contributed by atoms with Crippen molar-refractivity contribution in [3.63, 3.8) is 0 Å². The molecule has 1 aromatic carbocycles. The van der Waals surface area contributed by atoms with Crippen molar-refractivity contribution < 1.29 is 4.74 Å². The first-order chi connectivity index (χ1) is 9.28. The molecular weight excluding hydrogens is 258 g/mol. The van der Waals surface area contributed by atoms with Crippen molar-refractivity contribution in [1.29, 1.82) is 0 Å². The quantitative estimate of drug-likeness (QED) is 0.629. The summed E-state index contributed by atoms with van der Waals surface area (Å²) in [4.78, 5) is 4.13. The molecule has 0 fully saturated rings. The molecule has 19 heavy (non-hydrogen) atoms. The van der Waals surface area contributed by atoms with Crippen molar-refractivity contribution in [2.24, 2.45) is 0 Å². The first-order valence-corrected chi connectivity index (χ1v) is 6.49. The summed E-state index contributed by atoms with van der Waals surface area (Å²) >= 11 is 5.51. The molecule has 2 aromatic rings. The maximum absolute atomic E-state index is 5.69. The van der Waals surface area contributed by atoms with Crippen LogP contribution in [0.2, 0.25) is 0 Å². The molecule has 1 aromatic heterocycles. The van der Waals surface area contributed by atoms with Crippen LogP contribution < -0.4 is 4.74 Å². The Morgan fingerprint density at radius 2 is 2.00 bits per heavy atom. The molecule has 0 aliphatic carbocycles. The van der Waals surface area contributed by atoms with Crippen LogP contribution in [0.3, 0.4) is 0 Å². The molecule has 0 atom stereocenters. The minimum Gasteiger partial charge on any atom is -0.489 e. The van der Waals surface area contributed by atoms with Gasteiger partial charge in [-0.1, -0.05) is 11.8 Å². The predicted octanol–water partition coefficient (Wildman–Crippen LogP) is 3.56. The van der Waals surface area contributed by atoms with E-state index in [0.717, 1.165) is 22.4 Å². The highest BCUT2D eigenvalue weighted by Crippen LogP contribution is 2.14. The number of benzene rings is 1. The molecule has 0 unspecified atom stereocenters. The normalized spacial score (nSPS) is 9.58. The largest absolute Gasteiger partial charge is 0.489 e. The average Bonchev–Trinajstić information content (AvgIpc) is 2.44. The number of aromatic nitrogens is 1. The lowest BCUT2D eigenvalue weighted by Gasteiger charge is -2.06. The summed E-state index contributed by atoms with van der Waals surface area (Å²) < 4.78 is 5.69. The van der Waals surface area contributed by atoms with E-state index in [1.54, 1.807) is 0 Å². The standard InChI is InChI=1S/C16H14ClNO/c1-13-9-15(11-18-10-13)12-19-16-6-4-14(5-7-16)3-2-8-17/h4-7,9-11H,8,12H2,1H3. The molecule has 96 valence electrons. The number of aryl methyl sites for hydroxylation is 1. The second-order valence-electron chi connectivity index (χ2n) is 4.12. The summed E-state index contributed by atoms with van der Waals surface area (Å²) in [5.41, 5.74) is 3.13. The highest BCUT2D eigenvalue weighted by molar-refractivity contribution is 6.19.